The summed E-state index contributed by atoms with van der Waals surface area (Å²) in [5.74, 6) is 0.0840. The second kappa shape index (κ2) is 8.52. The number of rotatable bonds is 4. The number of amides is 2. The number of nitrogens with zero attached hydrogens (tertiary/aromatic N) is 3. The predicted molar refractivity (Wildman–Crippen MR) is 106 cm³/mol. The van der Waals surface area contributed by atoms with Crippen LogP contribution in [0.3, 0.4) is 0 Å². The van der Waals surface area contributed by atoms with Crippen LogP contribution in [0.4, 0.5) is 4.79 Å². The van der Waals surface area contributed by atoms with Crippen LogP contribution < -0.4 is 0 Å². The number of ether oxygens (including phenoxy) is 1. The van der Waals surface area contributed by atoms with E-state index >= 15 is 0 Å². The monoisotopic (exact) mass is 387 g/mol. The molecular weight excluding hydrogens is 362 g/mol. The molecule has 2 amide bonds. The zero-order chi connectivity index (χ0) is 19.4. The van der Waals surface area contributed by atoms with Gasteiger partial charge in [-0.2, -0.15) is 0 Å². The van der Waals surface area contributed by atoms with Gasteiger partial charge in [0.05, 0.1) is 18.7 Å². The number of carbonyl (C=O) groups is 2. The summed E-state index contributed by atoms with van der Waals surface area (Å²) in [6, 6.07) is 8.27. The number of benzene rings is 1. The number of piperazine rings is 1. The summed E-state index contributed by atoms with van der Waals surface area (Å²) in [7, 11) is 0. The predicted octanol–water partition coefficient (Wildman–Crippen LogP) is 3.27. The van der Waals surface area contributed by atoms with Gasteiger partial charge in [-0.25, -0.2) is 9.78 Å². The molecule has 6 nitrogen and oxygen atoms in total. The highest BCUT2D eigenvalue weighted by Crippen LogP contribution is 2.28. The molecule has 1 aromatic carbocycles. The van der Waals surface area contributed by atoms with Crippen molar-refractivity contribution in [1.29, 1.82) is 0 Å². The van der Waals surface area contributed by atoms with Gasteiger partial charge in [-0.1, -0.05) is 29.8 Å². The molecule has 2 aromatic rings. The summed E-state index contributed by atoms with van der Waals surface area (Å²) in [4.78, 5) is 33.6. The van der Waals surface area contributed by atoms with Crippen LogP contribution in [-0.4, -0.2) is 59.6 Å². The molecule has 0 saturated carbocycles. The minimum Gasteiger partial charge on any atom is -0.450 e. The van der Waals surface area contributed by atoms with Gasteiger partial charge in [0, 0.05) is 36.6 Å². The summed E-state index contributed by atoms with van der Waals surface area (Å²) in [6.07, 6.45) is 0.0556. The van der Waals surface area contributed by atoms with E-state index in [0.717, 1.165) is 21.1 Å². The third-order valence-electron chi connectivity index (χ3n) is 4.66. The van der Waals surface area contributed by atoms with Crippen LogP contribution in [0.15, 0.2) is 24.3 Å². The summed E-state index contributed by atoms with van der Waals surface area (Å²) in [6.45, 7) is 8.28. The minimum atomic E-state index is -0.300. The van der Waals surface area contributed by atoms with Gasteiger partial charge in [-0.05, 0) is 20.8 Å². The van der Waals surface area contributed by atoms with E-state index in [4.69, 9.17) is 4.74 Å². The van der Waals surface area contributed by atoms with Crippen molar-refractivity contribution in [3.63, 3.8) is 0 Å². The molecule has 3 rings (SSSR count). The molecular formula is C20H25N3O3S. The number of hydrogen-bond acceptors (Lipinski definition) is 5. The van der Waals surface area contributed by atoms with E-state index in [-0.39, 0.29) is 12.0 Å². The Morgan fingerprint density at radius 1 is 1.07 bits per heavy atom. The van der Waals surface area contributed by atoms with Crippen LogP contribution >= 0.6 is 11.3 Å². The summed E-state index contributed by atoms with van der Waals surface area (Å²) >= 11 is 1.58. The Kier molecular flexibility index (Phi) is 6.11. The fourth-order valence-corrected chi connectivity index (χ4v) is 4.07. The number of aryl methyl sites for hydroxylation is 2. The second-order valence-electron chi connectivity index (χ2n) is 6.64. The molecule has 27 heavy (non-hydrogen) atoms. The van der Waals surface area contributed by atoms with Crippen LogP contribution in [0.5, 0.6) is 0 Å². The average molecular weight is 388 g/mol. The molecule has 0 atom stereocenters. The van der Waals surface area contributed by atoms with Gasteiger partial charge in [0.1, 0.15) is 5.01 Å². The maximum atomic E-state index is 12.7. The van der Waals surface area contributed by atoms with Crippen molar-refractivity contribution in [2.75, 3.05) is 32.8 Å². The first-order valence-electron chi connectivity index (χ1n) is 9.20. The van der Waals surface area contributed by atoms with E-state index in [1.54, 1.807) is 23.2 Å². The fourth-order valence-electron chi connectivity index (χ4n) is 3.01. The van der Waals surface area contributed by atoms with Crippen molar-refractivity contribution in [1.82, 2.24) is 14.8 Å². The summed E-state index contributed by atoms with van der Waals surface area (Å²) in [5.41, 5.74) is 3.20. The summed E-state index contributed by atoms with van der Waals surface area (Å²) < 4.78 is 5.02. The molecule has 0 spiro atoms. The van der Waals surface area contributed by atoms with Crippen LogP contribution in [-0.2, 0) is 16.0 Å². The molecule has 0 unspecified atom stereocenters. The Morgan fingerprint density at radius 2 is 1.70 bits per heavy atom. The molecule has 1 fully saturated rings. The van der Waals surface area contributed by atoms with Crippen molar-refractivity contribution in [2.24, 2.45) is 0 Å². The third-order valence-corrected chi connectivity index (χ3v) is 5.87. The van der Waals surface area contributed by atoms with Gasteiger partial charge >= 0.3 is 6.09 Å². The van der Waals surface area contributed by atoms with Gasteiger partial charge in [-0.3, -0.25) is 4.79 Å². The van der Waals surface area contributed by atoms with E-state index in [1.165, 1.54) is 5.56 Å². The van der Waals surface area contributed by atoms with Crippen molar-refractivity contribution >= 4 is 23.3 Å². The number of aromatic nitrogens is 1. The number of thiazole rings is 1. The Morgan fingerprint density at radius 3 is 2.33 bits per heavy atom. The zero-order valence-electron chi connectivity index (χ0n) is 16.0. The lowest BCUT2D eigenvalue weighted by Crippen LogP contribution is -2.51. The highest BCUT2D eigenvalue weighted by Gasteiger charge is 2.25. The molecule has 1 saturated heterocycles. The summed E-state index contributed by atoms with van der Waals surface area (Å²) in [5, 5.41) is 0.947. The molecule has 0 bridgehead atoms. The normalized spacial score (nSPS) is 14.3. The van der Waals surface area contributed by atoms with Crippen LogP contribution in [0, 0.1) is 13.8 Å². The fraction of sp³-hybridized carbons (Fsp3) is 0.450. The Hall–Kier alpha value is -2.41. The first kappa shape index (κ1) is 19.4. The maximum Gasteiger partial charge on any atom is 0.409 e. The third kappa shape index (κ3) is 4.66. The highest BCUT2D eigenvalue weighted by atomic mass is 32.1. The molecule has 0 aliphatic carbocycles. The zero-order valence-corrected chi connectivity index (χ0v) is 16.8. The number of hydrogen-bond donors (Lipinski definition) is 0. The molecule has 1 aliphatic heterocycles. The van der Waals surface area contributed by atoms with Gasteiger partial charge in [-0.15, -0.1) is 11.3 Å². The van der Waals surface area contributed by atoms with Gasteiger partial charge < -0.3 is 14.5 Å². The van der Waals surface area contributed by atoms with Gasteiger partial charge in [0.25, 0.3) is 0 Å². The first-order valence-corrected chi connectivity index (χ1v) is 10.0. The Labute approximate surface area is 163 Å². The van der Waals surface area contributed by atoms with Crippen LogP contribution in [0.1, 0.15) is 23.1 Å². The van der Waals surface area contributed by atoms with Crippen molar-refractivity contribution in [3.05, 3.63) is 40.4 Å². The smallest absolute Gasteiger partial charge is 0.409 e. The van der Waals surface area contributed by atoms with Crippen molar-refractivity contribution in [3.8, 4) is 10.6 Å². The van der Waals surface area contributed by atoms with Crippen LogP contribution in [0.25, 0.3) is 10.6 Å². The quantitative estimate of drug-likeness (QED) is 0.808. The Bertz CT molecular complexity index is 808. The largest absolute Gasteiger partial charge is 0.450 e. The van der Waals surface area contributed by atoms with E-state index in [0.29, 0.717) is 39.2 Å². The van der Waals surface area contributed by atoms with E-state index in [9.17, 15) is 9.59 Å². The Balaban J connectivity index is 1.60. The average Bonchev–Trinajstić information content (AvgIpc) is 3.03. The molecule has 0 N–H and O–H groups in total. The van der Waals surface area contributed by atoms with E-state index < -0.39 is 0 Å². The SMILES string of the molecule is CCOC(=O)N1CCN(C(=O)Cc2sc(-c3ccc(C)cc3)nc2C)CC1. The molecule has 2 heterocycles. The molecule has 144 valence electrons. The lowest BCUT2D eigenvalue weighted by molar-refractivity contribution is -0.132. The van der Waals surface area contributed by atoms with E-state index in [1.807, 2.05) is 11.8 Å². The molecule has 1 aromatic heterocycles. The van der Waals surface area contributed by atoms with Gasteiger partial charge in [0.2, 0.25) is 5.91 Å². The van der Waals surface area contributed by atoms with E-state index in [2.05, 4.69) is 36.2 Å². The van der Waals surface area contributed by atoms with Crippen LogP contribution in [0.2, 0.25) is 0 Å². The number of carbonyl (C=O) groups excluding carboxylic acids is 2. The molecule has 7 heteroatoms. The second-order valence-corrected chi connectivity index (χ2v) is 7.72. The molecule has 1 aliphatic rings. The van der Waals surface area contributed by atoms with Crippen molar-refractivity contribution in [2.45, 2.75) is 27.2 Å². The standard InChI is InChI=1S/C20H25N3O3S/c1-4-26-20(25)23-11-9-22(10-12-23)18(24)13-17-15(3)21-19(27-17)16-7-5-14(2)6-8-16/h5-8H,4,9-13H2,1-3H3. The van der Waals surface area contributed by atoms with Gasteiger partial charge in [0.15, 0.2) is 0 Å². The maximum absolute atomic E-state index is 12.7. The first-order chi connectivity index (χ1) is 13.0. The topological polar surface area (TPSA) is 62.7 Å². The lowest BCUT2D eigenvalue weighted by atomic mass is 10.2. The lowest BCUT2D eigenvalue weighted by Gasteiger charge is -2.34. The highest BCUT2D eigenvalue weighted by molar-refractivity contribution is 7.15. The molecule has 0 radical (unpaired) electrons. The minimum absolute atomic E-state index is 0.0840. The van der Waals surface area contributed by atoms with Crippen molar-refractivity contribution < 1.29 is 14.3 Å².